The molecule has 0 bridgehead atoms. The monoisotopic (exact) mass is 355 g/mol. The van der Waals surface area contributed by atoms with Crippen molar-refractivity contribution in [1.82, 2.24) is 0 Å². The molecule has 132 valence electrons. The Balaban J connectivity index is 1.72. The summed E-state index contributed by atoms with van der Waals surface area (Å²) in [6, 6.07) is 14.5. The van der Waals surface area contributed by atoms with Crippen molar-refractivity contribution in [3.8, 4) is 5.75 Å². The van der Waals surface area contributed by atoms with Crippen LogP contribution in [0.15, 0.2) is 53.4 Å². The van der Waals surface area contributed by atoms with Gasteiger partial charge in [-0.25, -0.2) is 4.39 Å². The van der Waals surface area contributed by atoms with E-state index in [-0.39, 0.29) is 11.2 Å². The third kappa shape index (κ3) is 4.27. The third-order valence-corrected chi connectivity index (χ3v) is 5.35. The van der Waals surface area contributed by atoms with Crippen molar-refractivity contribution in [2.75, 3.05) is 0 Å². The summed E-state index contributed by atoms with van der Waals surface area (Å²) in [6.07, 6.45) is 1.54. The highest BCUT2D eigenvalue weighted by Crippen LogP contribution is 2.39. The van der Waals surface area contributed by atoms with Crippen molar-refractivity contribution in [3.63, 3.8) is 0 Å². The third-order valence-electron chi connectivity index (χ3n) is 4.28. The number of rotatable bonds is 3. The second-order valence-electron chi connectivity index (χ2n) is 8.09. The molecule has 3 rings (SSSR count). The van der Waals surface area contributed by atoms with E-state index < -0.39 is 5.60 Å². The highest BCUT2D eigenvalue weighted by Gasteiger charge is 2.26. The Morgan fingerprint density at radius 2 is 1.72 bits per heavy atom. The van der Waals surface area contributed by atoms with E-state index in [1.54, 1.807) is 11.8 Å². The van der Waals surface area contributed by atoms with E-state index in [2.05, 4.69) is 45.0 Å². The second-order valence-corrected chi connectivity index (χ2v) is 9.14. The lowest BCUT2D eigenvalue weighted by atomic mass is 9.87. The molecule has 0 aromatic heterocycles. The number of thioether (sulfide) groups is 1. The predicted molar refractivity (Wildman–Crippen MR) is 105 cm³/mol. The van der Waals surface area contributed by atoms with Gasteiger partial charge in [0.15, 0.2) is 0 Å². The van der Waals surface area contributed by atoms with E-state index >= 15 is 0 Å². The number of benzene rings is 2. The molecule has 0 atom stereocenters. The smallest absolute Gasteiger partial charge is 0.134 e. The molecular weight excluding hydrogens is 330 g/mol. The summed E-state index contributed by atoms with van der Waals surface area (Å²) in [7, 11) is 0. The fourth-order valence-corrected chi connectivity index (χ4v) is 3.73. The maximum atomic E-state index is 14.3. The van der Waals surface area contributed by atoms with Gasteiger partial charge in [-0.3, -0.25) is 0 Å². The van der Waals surface area contributed by atoms with E-state index in [0.29, 0.717) is 11.3 Å². The molecule has 0 N–H and O–H groups in total. The summed E-state index contributed by atoms with van der Waals surface area (Å²) < 4.78 is 20.2. The largest absolute Gasteiger partial charge is 0.483 e. The number of hydrogen-bond acceptors (Lipinski definition) is 2. The van der Waals surface area contributed by atoms with E-state index in [9.17, 15) is 4.39 Å². The quantitative estimate of drug-likeness (QED) is 0.563. The average Bonchev–Trinajstić information content (AvgIpc) is 2.52. The molecule has 3 heteroatoms. The van der Waals surface area contributed by atoms with Crippen LogP contribution in [0.25, 0.3) is 5.83 Å². The van der Waals surface area contributed by atoms with Gasteiger partial charge in [-0.2, -0.15) is 0 Å². The highest BCUT2D eigenvalue weighted by molar-refractivity contribution is 7.98. The van der Waals surface area contributed by atoms with Crippen LogP contribution in [0.1, 0.15) is 51.3 Å². The van der Waals surface area contributed by atoms with Crippen LogP contribution in [-0.4, -0.2) is 5.60 Å². The summed E-state index contributed by atoms with van der Waals surface area (Å²) >= 11 is 1.71. The molecule has 1 aliphatic rings. The van der Waals surface area contributed by atoms with Crippen LogP contribution in [0, 0.1) is 0 Å². The van der Waals surface area contributed by atoms with Gasteiger partial charge in [-0.1, -0.05) is 45.0 Å². The van der Waals surface area contributed by atoms with Crippen molar-refractivity contribution < 1.29 is 9.13 Å². The Labute approximate surface area is 154 Å². The Kier molecular flexibility index (Phi) is 4.72. The molecule has 0 aliphatic carbocycles. The van der Waals surface area contributed by atoms with E-state index in [0.717, 1.165) is 10.6 Å². The van der Waals surface area contributed by atoms with E-state index in [1.165, 1.54) is 17.2 Å². The molecule has 25 heavy (non-hydrogen) atoms. The zero-order valence-corrected chi connectivity index (χ0v) is 16.3. The second kappa shape index (κ2) is 6.53. The highest BCUT2D eigenvalue weighted by atomic mass is 32.2. The first-order valence-corrected chi connectivity index (χ1v) is 9.57. The Morgan fingerprint density at radius 1 is 1.04 bits per heavy atom. The van der Waals surface area contributed by atoms with Gasteiger partial charge in [0, 0.05) is 10.6 Å². The maximum Gasteiger partial charge on any atom is 0.134 e. The fraction of sp³-hybridized carbons (Fsp3) is 0.364. The average molecular weight is 356 g/mol. The van der Waals surface area contributed by atoms with Crippen LogP contribution in [-0.2, 0) is 11.2 Å². The number of fused-ring (bicyclic) bond motifs is 1. The first kappa shape index (κ1) is 18.1. The van der Waals surface area contributed by atoms with Crippen molar-refractivity contribution in [1.29, 1.82) is 0 Å². The number of halogens is 1. The first-order valence-electron chi connectivity index (χ1n) is 8.58. The minimum absolute atomic E-state index is 0.168. The summed E-state index contributed by atoms with van der Waals surface area (Å²) in [6.45, 7) is 10.4. The minimum atomic E-state index is -0.597. The van der Waals surface area contributed by atoms with Gasteiger partial charge >= 0.3 is 0 Å². The van der Waals surface area contributed by atoms with Crippen LogP contribution >= 0.6 is 11.8 Å². The van der Waals surface area contributed by atoms with Crippen molar-refractivity contribution >= 4 is 17.6 Å². The zero-order valence-electron chi connectivity index (χ0n) is 15.5. The minimum Gasteiger partial charge on any atom is -0.483 e. The molecule has 1 nitrogen and oxygen atoms in total. The van der Waals surface area contributed by atoms with Gasteiger partial charge in [0.1, 0.15) is 17.2 Å². The molecule has 0 saturated carbocycles. The van der Waals surface area contributed by atoms with Crippen LogP contribution in [0.3, 0.4) is 0 Å². The van der Waals surface area contributed by atoms with Gasteiger partial charge < -0.3 is 4.74 Å². The lowest BCUT2D eigenvalue weighted by molar-refractivity contribution is 0.156. The van der Waals surface area contributed by atoms with E-state index in [4.69, 9.17) is 4.74 Å². The van der Waals surface area contributed by atoms with Gasteiger partial charge in [-0.15, -0.1) is 11.8 Å². The number of hydrogen-bond donors (Lipinski definition) is 0. The molecule has 0 saturated heterocycles. The Hall–Kier alpha value is -1.74. The van der Waals surface area contributed by atoms with Gasteiger partial charge in [0.05, 0.1) is 5.56 Å². The van der Waals surface area contributed by atoms with Gasteiger partial charge in [0.25, 0.3) is 0 Å². The van der Waals surface area contributed by atoms with Crippen LogP contribution in [0.2, 0.25) is 0 Å². The summed E-state index contributed by atoms with van der Waals surface area (Å²) in [5.41, 5.74) is 2.72. The Bertz CT molecular complexity index is 798. The molecule has 2 aromatic carbocycles. The molecule has 0 spiro atoms. The maximum absolute atomic E-state index is 14.3. The normalized spacial score (nSPS) is 16.0. The molecule has 1 aliphatic heterocycles. The van der Waals surface area contributed by atoms with Crippen molar-refractivity contribution in [3.05, 3.63) is 65.2 Å². The topological polar surface area (TPSA) is 9.23 Å². The van der Waals surface area contributed by atoms with Crippen LogP contribution in [0.5, 0.6) is 5.75 Å². The van der Waals surface area contributed by atoms with Crippen molar-refractivity contribution in [2.45, 2.75) is 56.3 Å². The lowest BCUT2D eigenvalue weighted by Crippen LogP contribution is -2.28. The van der Waals surface area contributed by atoms with E-state index in [1.807, 2.05) is 32.0 Å². The Morgan fingerprint density at radius 3 is 2.36 bits per heavy atom. The molecule has 0 fully saturated rings. The molecule has 0 unspecified atom stereocenters. The molecule has 0 radical (unpaired) electrons. The zero-order chi connectivity index (χ0) is 18.2. The summed E-state index contributed by atoms with van der Waals surface area (Å²) in [5.74, 6) is 1.27. The van der Waals surface area contributed by atoms with Gasteiger partial charge in [0.2, 0.25) is 0 Å². The summed E-state index contributed by atoms with van der Waals surface area (Å²) in [4.78, 5) is 1.05. The predicted octanol–water partition coefficient (Wildman–Crippen LogP) is 6.76. The van der Waals surface area contributed by atoms with Crippen LogP contribution < -0.4 is 4.74 Å². The molecule has 2 aromatic rings. The lowest BCUT2D eigenvalue weighted by Gasteiger charge is -2.28. The standard InChI is InChI=1S/C22H25FOS/c1-21(2,3)16-8-6-15(7-9-16)14-25-17-10-11-20-18(12-17)19(23)13-22(4,5)24-20/h6-13H,14H2,1-5H3/i23-1. The fourth-order valence-electron chi connectivity index (χ4n) is 2.84. The number of ether oxygens (including phenoxy) is 1. The molecular formula is C22H25FOS. The molecule has 0 amide bonds. The summed E-state index contributed by atoms with van der Waals surface area (Å²) in [5, 5.41) is 0. The first-order chi connectivity index (χ1) is 11.6. The SMILES string of the molecule is CC1(C)C=C([18F])c2cc(SCc3ccc(C(C)(C)C)cc3)ccc2O1. The van der Waals surface area contributed by atoms with Crippen LogP contribution in [0.4, 0.5) is 4.39 Å². The molecule has 1 heterocycles. The van der Waals surface area contributed by atoms with Gasteiger partial charge in [-0.05, 0) is 54.7 Å². The van der Waals surface area contributed by atoms with Crippen molar-refractivity contribution in [2.24, 2.45) is 0 Å².